The second kappa shape index (κ2) is 12.4. The van der Waals surface area contributed by atoms with Crippen molar-refractivity contribution in [3.05, 3.63) is 65.5 Å². The Bertz CT molecular complexity index is 1120. The first kappa shape index (κ1) is 29.0. The Labute approximate surface area is 225 Å². The average Bonchev–Trinajstić information content (AvgIpc) is 3.33. The maximum Gasteiger partial charge on any atom is 0.416 e. The summed E-state index contributed by atoms with van der Waals surface area (Å²) in [6.07, 6.45) is 2.23. The fourth-order valence-electron chi connectivity index (χ4n) is 5.41. The molecule has 8 nitrogen and oxygen atoms in total. The highest BCUT2D eigenvalue weighted by molar-refractivity contribution is 5.96. The summed E-state index contributed by atoms with van der Waals surface area (Å²) in [6, 6.07) is 7.73. The number of aliphatic hydroxyl groups is 1. The second-order valence-corrected chi connectivity index (χ2v) is 10.3. The van der Waals surface area contributed by atoms with Crippen molar-refractivity contribution in [1.29, 1.82) is 0 Å². The summed E-state index contributed by atoms with van der Waals surface area (Å²) in [4.78, 5) is 31.5. The summed E-state index contributed by atoms with van der Waals surface area (Å²) < 4.78 is 44.9. The van der Waals surface area contributed by atoms with Crippen molar-refractivity contribution in [2.45, 2.75) is 69.0 Å². The smallest absolute Gasteiger partial charge is 0.385 e. The van der Waals surface area contributed by atoms with Gasteiger partial charge in [-0.3, -0.25) is 19.5 Å². The van der Waals surface area contributed by atoms with Crippen LogP contribution in [0.15, 0.2) is 48.8 Å². The van der Waals surface area contributed by atoms with Crippen LogP contribution >= 0.6 is 0 Å². The molecule has 0 radical (unpaired) electrons. The van der Waals surface area contributed by atoms with E-state index < -0.39 is 29.2 Å². The van der Waals surface area contributed by atoms with Gasteiger partial charge >= 0.3 is 6.18 Å². The number of hydrogen-bond acceptors (Lipinski definition) is 6. The van der Waals surface area contributed by atoms with Gasteiger partial charge in [-0.05, 0) is 56.4 Å². The van der Waals surface area contributed by atoms with E-state index in [0.717, 1.165) is 43.0 Å². The van der Waals surface area contributed by atoms with Crippen LogP contribution in [0.3, 0.4) is 0 Å². The Morgan fingerprint density at radius 1 is 1.18 bits per heavy atom. The standard InChI is InChI=1S/C28H35F3N4O4/c1-2-13-39-24-18-35(22-8-10-27(38,11-9-22)21-7-4-12-32-15-21)17-23(24)34-25(36)16-33-26(37)19-5-3-6-20(14-19)28(29,30)31/h3-7,12,14-15,22-24,38H,2,8-11,13,16-18H2,1H3,(H,33,37)(H,34,36)/t22?,23-,24+,27?/m0/s1. The highest BCUT2D eigenvalue weighted by Crippen LogP contribution is 2.39. The van der Waals surface area contributed by atoms with Crippen LogP contribution in [0.2, 0.25) is 0 Å². The number of carbonyl (C=O) groups excluding carboxylic acids is 2. The van der Waals surface area contributed by atoms with E-state index in [9.17, 15) is 27.9 Å². The monoisotopic (exact) mass is 548 g/mol. The predicted molar refractivity (Wildman–Crippen MR) is 138 cm³/mol. The van der Waals surface area contributed by atoms with E-state index >= 15 is 0 Å². The van der Waals surface area contributed by atoms with Gasteiger partial charge in [0.15, 0.2) is 0 Å². The largest absolute Gasteiger partial charge is 0.416 e. The zero-order chi connectivity index (χ0) is 28.0. The van der Waals surface area contributed by atoms with Gasteiger partial charge in [-0.25, -0.2) is 0 Å². The first-order valence-corrected chi connectivity index (χ1v) is 13.3. The molecule has 3 N–H and O–H groups in total. The molecule has 2 aliphatic rings. The molecule has 2 heterocycles. The maximum atomic E-state index is 13.0. The van der Waals surface area contributed by atoms with Gasteiger partial charge in [0.1, 0.15) is 0 Å². The van der Waals surface area contributed by atoms with Gasteiger partial charge in [0, 0.05) is 49.3 Å². The van der Waals surface area contributed by atoms with E-state index in [0.29, 0.717) is 32.5 Å². The third-order valence-electron chi connectivity index (χ3n) is 7.54. The Kier molecular flexibility index (Phi) is 9.24. The molecule has 2 fully saturated rings. The van der Waals surface area contributed by atoms with Crippen molar-refractivity contribution in [3.8, 4) is 0 Å². The number of nitrogens with one attached hydrogen (secondary N) is 2. The molecule has 2 amide bonds. The number of rotatable bonds is 9. The summed E-state index contributed by atoms with van der Waals surface area (Å²) in [5.41, 5.74) is -1.17. The molecule has 0 bridgehead atoms. The fourth-order valence-corrected chi connectivity index (χ4v) is 5.41. The minimum atomic E-state index is -4.56. The molecule has 1 aromatic carbocycles. The van der Waals surface area contributed by atoms with Crippen molar-refractivity contribution in [2.75, 3.05) is 26.2 Å². The predicted octanol–water partition coefficient (Wildman–Crippen LogP) is 3.26. The molecule has 2 atom stereocenters. The maximum absolute atomic E-state index is 13.0. The minimum absolute atomic E-state index is 0.169. The summed E-state index contributed by atoms with van der Waals surface area (Å²) in [5.74, 6) is -1.20. The van der Waals surface area contributed by atoms with Gasteiger partial charge in [0.2, 0.25) is 5.91 Å². The normalized spacial score (nSPS) is 25.8. The number of pyridine rings is 1. The van der Waals surface area contributed by atoms with Crippen LogP contribution in [0.5, 0.6) is 0 Å². The van der Waals surface area contributed by atoms with E-state index in [1.165, 1.54) is 6.07 Å². The molecule has 1 aromatic heterocycles. The number of hydrogen-bond donors (Lipinski definition) is 3. The Morgan fingerprint density at radius 3 is 2.62 bits per heavy atom. The first-order chi connectivity index (χ1) is 18.6. The molecule has 2 aromatic rings. The number of alkyl halides is 3. The van der Waals surface area contributed by atoms with Gasteiger partial charge < -0.3 is 20.5 Å². The highest BCUT2D eigenvalue weighted by Gasteiger charge is 2.42. The molecule has 212 valence electrons. The SMILES string of the molecule is CCCO[C@@H]1CN(C2CCC(O)(c3cccnc3)CC2)C[C@@H]1NC(=O)CNC(=O)c1cccc(C(F)(F)F)c1. The first-order valence-electron chi connectivity index (χ1n) is 13.3. The van der Waals surface area contributed by atoms with E-state index in [1.54, 1.807) is 12.4 Å². The van der Waals surface area contributed by atoms with Crippen molar-refractivity contribution < 1.29 is 32.6 Å². The molecule has 0 spiro atoms. The zero-order valence-electron chi connectivity index (χ0n) is 21.9. The van der Waals surface area contributed by atoms with Crippen LogP contribution in [0.4, 0.5) is 13.2 Å². The minimum Gasteiger partial charge on any atom is -0.385 e. The Morgan fingerprint density at radius 2 is 1.95 bits per heavy atom. The van der Waals surface area contributed by atoms with E-state index in [1.807, 2.05) is 19.1 Å². The van der Waals surface area contributed by atoms with Gasteiger partial charge in [-0.2, -0.15) is 13.2 Å². The number of amides is 2. The van der Waals surface area contributed by atoms with E-state index in [2.05, 4.69) is 20.5 Å². The van der Waals surface area contributed by atoms with Crippen molar-refractivity contribution in [1.82, 2.24) is 20.5 Å². The van der Waals surface area contributed by atoms with Crippen LogP contribution in [-0.4, -0.2) is 71.2 Å². The number of benzene rings is 1. The van der Waals surface area contributed by atoms with Gasteiger partial charge in [-0.1, -0.05) is 19.1 Å². The highest BCUT2D eigenvalue weighted by atomic mass is 19.4. The van der Waals surface area contributed by atoms with Crippen molar-refractivity contribution in [3.63, 3.8) is 0 Å². The summed E-state index contributed by atoms with van der Waals surface area (Å²) in [6.45, 7) is 3.38. The number of ether oxygens (including phenoxy) is 1. The van der Waals surface area contributed by atoms with Crippen LogP contribution < -0.4 is 10.6 Å². The van der Waals surface area contributed by atoms with Crippen LogP contribution in [0.25, 0.3) is 0 Å². The lowest BCUT2D eigenvalue weighted by Gasteiger charge is -2.39. The molecule has 1 aliphatic carbocycles. The zero-order valence-corrected chi connectivity index (χ0v) is 21.9. The van der Waals surface area contributed by atoms with E-state index in [4.69, 9.17) is 4.74 Å². The Hall–Kier alpha value is -3.02. The van der Waals surface area contributed by atoms with Crippen LogP contribution in [-0.2, 0) is 21.3 Å². The third-order valence-corrected chi connectivity index (χ3v) is 7.54. The lowest BCUT2D eigenvalue weighted by Crippen LogP contribution is -2.48. The summed E-state index contributed by atoms with van der Waals surface area (Å²) in [7, 11) is 0. The van der Waals surface area contributed by atoms with Gasteiger partial charge in [0.05, 0.1) is 29.9 Å². The van der Waals surface area contributed by atoms with E-state index in [-0.39, 0.29) is 30.3 Å². The quantitative estimate of drug-likeness (QED) is 0.445. The van der Waals surface area contributed by atoms with Crippen LogP contribution in [0, 0.1) is 0 Å². The molecule has 11 heteroatoms. The summed E-state index contributed by atoms with van der Waals surface area (Å²) >= 11 is 0. The van der Waals surface area contributed by atoms with Gasteiger partial charge in [0.25, 0.3) is 5.91 Å². The molecular weight excluding hydrogens is 513 g/mol. The fraction of sp³-hybridized carbons (Fsp3) is 0.536. The molecule has 1 saturated heterocycles. The number of nitrogens with zero attached hydrogens (tertiary/aromatic N) is 2. The lowest BCUT2D eigenvalue weighted by atomic mass is 9.78. The molecule has 1 aliphatic heterocycles. The number of carbonyl (C=O) groups is 2. The molecule has 4 rings (SSSR count). The molecule has 0 unspecified atom stereocenters. The van der Waals surface area contributed by atoms with Gasteiger partial charge in [-0.15, -0.1) is 0 Å². The Balaban J connectivity index is 1.31. The number of likely N-dealkylation sites (tertiary alicyclic amines) is 1. The average molecular weight is 549 g/mol. The summed E-state index contributed by atoms with van der Waals surface area (Å²) in [5, 5.41) is 16.5. The molecule has 39 heavy (non-hydrogen) atoms. The number of halogens is 3. The van der Waals surface area contributed by atoms with Crippen molar-refractivity contribution >= 4 is 11.8 Å². The number of aromatic nitrogens is 1. The lowest BCUT2D eigenvalue weighted by molar-refractivity contribution is -0.137. The molecular formula is C28H35F3N4O4. The van der Waals surface area contributed by atoms with Crippen molar-refractivity contribution in [2.24, 2.45) is 0 Å². The third kappa shape index (κ3) is 7.34. The van der Waals surface area contributed by atoms with Crippen LogP contribution in [0.1, 0.15) is 60.5 Å². The second-order valence-electron chi connectivity index (χ2n) is 10.3. The molecule has 1 saturated carbocycles. The topological polar surface area (TPSA) is 104 Å².